The molecule has 22 heavy (non-hydrogen) atoms. The van der Waals surface area contributed by atoms with Gasteiger partial charge in [-0.1, -0.05) is 36.8 Å². The molecule has 0 aliphatic heterocycles. The molecule has 2 atom stereocenters. The number of hydrogen-bond acceptors (Lipinski definition) is 2. The Labute approximate surface area is 127 Å². The van der Waals surface area contributed by atoms with Crippen LogP contribution in [0.5, 0.6) is 0 Å². The molecule has 0 aromatic heterocycles. The summed E-state index contributed by atoms with van der Waals surface area (Å²) in [6.45, 7) is 3.00. The predicted octanol–water partition coefficient (Wildman–Crippen LogP) is 3.01. The Bertz CT molecular complexity index is 489. The van der Waals surface area contributed by atoms with Crippen LogP contribution in [0.3, 0.4) is 0 Å². The van der Waals surface area contributed by atoms with E-state index in [0.29, 0.717) is 6.42 Å². The molecular formula is C15H21F3N2O2. The number of halogens is 3. The molecule has 0 aliphatic rings. The molecule has 0 spiro atoms. The highest BCUT2D eigenvalue weighted by Gasteiger charge is 2.39. The Hall–Kier alpha value is -1.76. The van der Waals surface area contributed by atoms with Crippen LogP contribution >= 0.6 is 0 Å². The number of amides is 2. The van der Waals surface area contributed by atoms with E-state index >= 15 is 0 Å². The van der Waals surface area contributed by atoms with E-state index in [2.05, 4.69) is 5.32 Å². The number of alkyl halides is 3. The van der Waals surface area contributed by atoms with Crippen molar-refractivity contribution in [2.45, 2.75) is 38.6 Å². The molecule has 0 heterocycles. The number of rotatable bonds is 5. The number of benzene rings is 1. The zero-order chi connectivity index (χ0) is 16.9. The van der Waals surface area contributed by atoms with E-state index in [1.54, 1.807) is 0 Å². The van der Waals surface area contributed by atoms with Gasteiger partial charge in [0.05, 0.1) is 12.6 Å². The standard InChI is InChI=1S/C15H21F3N2O2/c1-4-12(11-7-5-10(2)6-8-11)19-14(22)20(3)9-13(21)15(16,17)18/h5-8,12-13,21H,4,9H2,1-3H3,(H,19,22)/t12-,13+/m1/s1. The minimum atomic E-state index is -4.74. The van der Waals surface area contributed by atoms with Gasteiger partial charge in [-0.2, -0.15) is 13.2 Å². The fourth-order valence-corrected chi connectivity index (χ4v) is 1.92. The van der Waals surface area contributed by atoms with Crippen molar-refractivity contribution in [3.63, 3.8) is 0 Å². The molecule has 1 rings (SSSR count). The average molecular weight is 318 g/mol. The molecule has 4 nitrogen and oxygen atoms in total. The smallest absolute Gasteiger partial charge is 0.382 e. The van der Waals surface area contributed by atoms with Crippen LogP contribution < -0.4 is 5.32 Å². The summed E-state index contributed by atoms with van der Waals surface area (Å²) in [6, 6.07) is 6.60. The van der Waals surface area contributed by atoms with Gasteiger partial charge in [0, 0.05) is 7.05 Å². The Morgan fingerprint density at radius 3 is 2.32 bits per heavy atom. The highest BCUT2D eigenvalue weighted by molar-refractivity contribution is 5.74. The van der Waals surface area contributed by atoms with Gasteiger partial charge in [0.15, 0.2) is 6.10 Å². The summed E-state index contributed by atoms with van der Waals surface area (Å²) in [6.07, 6.45) is -6.69. The van der Waals surface area contributed by atoms with Crippen molar-refractivity contribution < 1.29 is 23.1 Å². The second-order valence-corrected chi connectivity index (χ2v) is 5.26. The largest absolute Gasteiger partial charge is 0.416 e. The van der Waals surface area contributed by atoms with Crippen molar-refractivity contribution in [3.05, 3.63) is 35.4 Å². The molecule has 1 aromatic carbocycles. The van der Waals surface area contributed by atoms with E-state index in [1.165, 1.54) is 7.05 Å². The van der Waals surface area contributed by atoms with Crippen LogP contribution in [0, 0.1) is 6.92 Å². The first-order valence-corrected chi connectivity index (χ1v) is 6.98. The molecule has 0 radical (unpaired) electrons. The first-order valence-electron chi connectivity index (χ1n) is 6.98. The summed E-state index contributed by atoms with van der Waals surface area (Å²) in [5, 5.41) is 11.7. The Morgan fingerprint density at radius 1 is 1.32 bits per heavy atom. The predicted molar refractivity (Wildman–Crippen MR) is 77.4 cm³/mol. The van der Waals surface area contributed by atoms with E-state index in [-0.39, 0.29) is 6.04 Å². The zero-order valence-corrected chi connectivity index (χ0v) is 12.8. The fourth-order valence-electron chi connectivity index (χ4n) is 1.92. The molecule has 2 N–H and O–H groups in total. The van der Waals surface area contributed by atoms with Gasteiger partial charge in [0.25, 0.3) is 0 Å². The van der Waals surface area contributed by atoms with Gasteiger partial charge in [-0.05, 0) is 18.9 Å². The van der Waals surface area contributed by atoms with Crippen LogP contribution in [0.1, 0.15) is 30.5 Å². The fraction of sp³-hybridized carbons (Fsp3) is 0.533. The summed E-state index contributed by atoms with van der Waals surface area (Å²) in [5.41, 5.74) is 1.96. The van der Waals surface area contributed by atoms with E-state index in [4.69, 9.17) is 5.11 Å². The van der Waals surface area contributed by atoms with Gasteiger partial charge in [-0.25, -0.2) is 4.79 Å². The quantitative estimate of drug-likeness (QED) is 0.877. The van der Waals surface area contributed by atoms with Crippen molar-refractivity contribution >= 4 is 6.03 Å². The molecule has 0 aliphatic carbocycles. The second-order valence-electron chi connectivity index (χ2n) is 5.26. The van der Waals surface area contributed by atoms with Gasteiger partial charge in [-0.3, -0.25) is 0 Å². The molecule has 124 valence electrons. The summed E-state index contributed by atoms with van der Waals surface area (Å²) in [5.74, 6) is 0. The number of likely N-dealkylation sites (N-methyl/N-ethyl adjacent to an activating group) is 1. The van der Waals surface area contributed by atoms with Crippen LogP contribution in [0.15, 0.2) is 24.3 Å². The summed E-state index contributed by atoms with van der Waals surface area (Å²) < 4.78 is 36.9. The van der Waals surface area contributed by atoms with Gasteiger partial charge >= 0.3 is 12.2 Å². The first-order chi connectivity index (χ1) is 10.1. The van der Waals surface area contributed by atoms with Gasteiger partial charge in [-0.15, -0.1) is 0 Å². The SMILES string of the molecule is CC[C@@H](NC(=O)N(C)C[C@H](O)C(F)(F)F)c1ccc(C)cc1. The monoisotopic (exact) mass is 318 g/mol. The van der Waals surface area contributed by atoms with Gasteiger partial charge in [0.2, 0.25) is 0 Å². The van der Waals surface area contributed by atoms with Gasteiger partial charge in [0.1, 0.15) is 0 Å². The minimum absolute atomic E-state index is 0.293. The lowest BCUT2D eigenvalue weighted by Gasteiger charge is -2.25. The van der Waals surface area contributed by atoms with E-state index < -0.39 is 24.9 Å². The Morgan fingerprint density at radius 2 is 1.86 bits per heavy atom. The molecular weight excluding hydrogens is 297 g/mol. The number of carbonyl (C=O) groups is 1. The number of aliphatic hydroxyl groups excluding tert-OH is 1. The molecule has 0 saturated carbocycles. The number of carbonyl (C=O) groups excluding carboxylic acids is 1. The summed E-state index contributed by atoms with van der Waals surface area (Å²) >= 11 is 0. The van der Waals surface area contributed by atoms with Crippen molar-refractivity contribution in [1.29, 1.82) is 0 Å². The van der Waals surface area contributed by atoms with E-state index in [9.17, 15) is 18.0 Å². The second kappa shape index (κ2) is 7.49. The lowest BCUT2D eigenvalue weighted by atomic mass is 10.0. The van der Waals surface area contributed by atoms with E-state index in [0.717, 1.165) is 16.0 Å². The lowest BCUT2D eigenvalue weighted by molar-refractivity contribution is -0.205. The third-order valence-corrected chi connectivity index (χ3v) is 3.36. The van der Waals surface area contributed by atoms with Crippen molar-refractivity contribution in [2.75, 3.05) is 13.6 Å². The number of aliphatic hydroxyl groups is 1. The van der Waals surface area contributed by atoms with Gasteiger partial charge < -0.3 is 15.3 Å². The topological polar surface area (TPSA) is 52.6 Å². The van der Waals surface area contributed by atoms with Crippen molar-refractivity contribution in [1.82, 2.24) is 10.2 Å². The maximum atomic E-state index is 12.3. The van der Waals surface area contributed by atoms with Crippen molar-refractivity contribution in [3.8, 4) is 0 Å². The number of urea groups is 1. The number of nitrogens with zero attached hydrogens (tertiary/aromatic N) is 1. The Kier molecular flexibility index (Phi) is 6.22. The number of aryl methyl sites for hydroxylation is 1. The summed E-state index contributed by atoms with van der Waals surface area (Å²) in [4.78, 5) is 12.8. The third-order valence-electron chi connectivity index (χ3n) is 3.36. The highest BCUT2D eigenvalue weighted by atomic mass is 19.4. The zero-order valence-electron chi connectivity index (χ0n) is 12.8. The normalized spacial score (nSPS) is 14.3. The van der Waals surface area contributed by atoms with E-state index in [1.807, 2.05) is 38.1 Å². The molecule has 0 unspecified atom stereocenters. The first kappa shape index (κ1) is 18.3. The number of hydrogen-bond donors (Lipinski definition) is 2. The Balaban J connectivity index is 2.66. The average Bonchev–Trinajstić information content (AvgIpc) is 2.44. The third kappa shape index (κ3) is 5.22. The minimum Gasteiger partial charge on any atom is -0.382 e. The van der Waals surface area contributed by atoms with Crippen LogP contribution in [-0.4, -0.2) is 41.9 Å². The molecule has 2 amide bonds. The van der Waals surface area contributed by atoms with Crippen LogP contribution in [0.25, 0.3) is 0 Å². The molecule has 0 bridgehead atoms. The summed E-state index contributed by atoms with van der Waals surface area (Å²) in [7, 11) is 1.21. The van der Waals surface area contributed by atoms with Crippen LogP contribution in [0.2, 0.25) is 0 Å². The lowest BCUT2D eigenvalue weighted by Crippen LogP contribution is -2.46. The number of nitrogens with one attached hydrogen (secondary N) is 1. The van der Waals surface area contributed by atoms with Crippen LogP contribution in [-0.2, 0) is 0 Å². The molecule has 0 saturated heterocycles. The highest BCUT2D eigenvalue weighted by Crippen LogP contribution is 2.21. The van der Waals surface area contributed by atoms with Crippen LogP contribution in [0.4, 0.5) is 18.0 Å². The maximum absolute atomic E-state index is 12.3. The molecule has 0 fully saturated rings. The molecule has 1 aromatic rings. The maximum Gasteiger partial charge on any atom is 0.416 e. The van der Waals surface area contributed by atoms with Crippen molar-refractivity contribution in [2.24, 2.45) is 0 Å². The molecule has 7 heteroatoms.